The number of ether oxygens (including phenoxy) is 4. The Morgan fingerprint density at radius 2 is 1.82 bits per heavy atom. The molecule has 6 rings (SSSR count). The van der Waals surface area contributed by atoms with Crippen molar-refractivity contribution < 1.29 is 38.1 Å². The van der Waals surface area contributed by atoms with Gasteiger partial charge in [-0.25, -0.2) is 9.59 Å². The maximum Gasteiger partial charge on any atom is 0.334 e. The zero-order chi connectivity index (χ0) is 34.7. The van der Waals surface area contributed by atoms with Crippen molar-refractivity contribution in [2.24, 2.45) is 5.92 Å². The zero-order valence-electron chi connectivity index (χ0n) is 27.5. The van der Waals surface area contributed by atoms with Gasteiger partial charge < -0.3 is 24.3 Å². The minimum absolute atomic E-state index is 0.0887. The summed E-state index contributed by atoms with van der Waals surface area (Å²) in [5.41, 5.74) is 3.65. The summed E-state index contributed by atoms with van der Waals surface area (Å²) >= 11 is 1.08. The number of carbonyl (C=O) groups is 4. The van der Waals surface area contributed by atoms with E-state index in [2.05, 4.69) is 24.6 Å². The Morgan fingerprint density at radius 1 is 1.08 bits per heavy atom. The van der Waals surface area contributed by atoms with E-state index >= 15 is 0 Å². The average Bonchev–Trinajstić information content (AvgIpc) is 3.59. The fourth-order valence-electron chi connectivity index (χ4n) is 6.27. The SMILES string of the molecule is C=C1C(=O)O[C@H]2[C@H]1CC/C(COC(=O)/C=C\C(=O)NCc1ccc(CN3C(=C)N(c4ccc(OC)cc4)SC3=O)cc1)=C\CC[C@@]1(C)O[C@@H]21. The van der Waals surface area contributed by atoms with E-state index in [1.807, 2.05) is 55.5 Å². The number of hydrogen-bond acceptors (Lipinski definition) is 10. The van der Waals surface area contributed by atoms with E-state index < -0.39 is 11.9 Å². The molecule has 0 spiro atoms. The minimum Gasteiger partial charge on any atom is -0.497 e. The van der Waals surface area contributed by atoms with Gasteiger partial charge in [0.05, 0.1) is 36.9 Å². The van der Waals surface area contributed by atoms with Crippen LogP contribution in [0.2, 0.25) is 0 Å². The first-order valence-corrected chi connectivity index (χ1v) is 16.9. The van der Waals surface area contributed by atoms with Crippen molar-refractivity contribution in [2.45, 2.75) is 63.5 Å². The van der Waals surface area contributed by atoms with Crippen molar-refractivity contribution in [3.8, 4) is 5.75 Å². The maximum atomic E-state index is 12.8. The predicted molar refractivity (Wildman–Crippen MR) is 184 cm³/mol. The zero-order valence-corrected chi connectivity index (χ0v) is 28.3. The lowest BCUT2D eigenvalue weighted by Crippen LogP contribution is -2.29. The number of epoxide rings is 1. The van der Waals surface area contributed by atoms with Gasteiger partial charge in [0.1, 0.15) is 30.4 Å². The number of allylic oxidation sites excluding steroid dienone is 1. The summed E-state index contributed by atoms with van der Waals surface area (Å²) in [5, 5.41) is 2.64. The number of amides is 2. The molecular formula is C37H39N3O8S. The van der Waals surface area contributed by atoms with Gasteiger partial charge in [-0.05, 0) is 73.6 Å². The Labute approximate surface area is 289 Å². The summed E-state index contributed by atoms with van der Waals surface area (Å²) in [6.45, 7) is 10.8. The normalized spacial score (nSPS) is 26.1. The molecule has 1 aliphatic carbocycles. The summed E-state index contributed by atoms with van der Waals surface area (Å²) < 4.78 is 24.0. The van der Waals surface area contributed by atoms with E-state index in [1.165, 1.54) is 0 Å². The molecule has 49 heavy (non-hydrogen) atoms. The van der Waals surface area contributed by atoms with Gasteiger partial charge in [-0.15, -0.1) is 0 Å². The Bertz CT molecular complexity index is 1720. The summed E-state index contributed by atoms with van der Waals surface area (Å²) in [5.74, 6) is -0.276. The summed E-state index contributed by atoms with van der Waals surface area (Å²) in [4.78, 5) is 51.4. The molecule has 4 atom stereocenters. The van der Waals surface area contributed by atoms with Crippen LogP contribution in [0.5, 0.6) is 5.75 Å². The van der Waals surface area contributed by atoms with Gasteiger partial charge in [-0.3, -0.25) is 18.8 Å². The summed E-state index contributed by atoms with van der Waals surface area (Å²) in [6.07, 6.45) is 6.66. The fraction of sp³-hybridized carbons (Fsp3) is 0.351. The monoisotopic (exact) mass is 685 g/mol. The molecule has 1 N–H and O–H groups in total. The lowest BCUT2D eigenvalue weighted by Gasteiger charge is -2.20. The van der Waals surface area contributed by atoms with E-state index in [9.17, 15) is 19.2 Å². The molecule has 3 fully saturated rings. The number of carbonyl (C=O) groups excluding carboxylic acids is 4. The molecule has 0 saturated carbocycles. The molecule has 0 bridgehead atoms. The van der Waals surface area contributed by atoms with Gasteiger partial charge in [-0.1, -0.05) is 43.5 Å². The molecule has 0 unspecified atom stereocenters. The molecule has 11 nitrogen and oxygen atoms in total. The third-order valence-electron chi connectivity index (χ3n) is 9.28. The van der Waals surface area contributed by atoms with Crippen LogP contribution >= 0.6 is 11.9 Å². The number of esters is 2. The molecule has 0 aromatic heterocycles. The average molecular weight is 686 g/mol. The van der Waals surface area contributed by atoms with Gasteiger partial charge in [0, 0.05) is 30.2 Å². The van der Waals surface area contributed by atoms with Crippen LogP contribution in [0, 0.1) is 5.92 Å². The second-order valence-electron chi connectivity index (χ2n) is 12.6. The van der Waals surface area contributed by atoms with Crippen molar-refractivity contribution in [2.75, 3.05) is 18.0 Å². The van der Waals surface area contributed by atoms with Crippen molar-refractivity contribution in [3.05, 3.63) is 108 Å². The van der Waals surface area contributed by atoms with Crippen LogP contribution in [0.25, 0.3) is 0 Å². The highest BCUT2D eigenvalue weighted by Crippen LogP contribution is 2.49. The smallest absolute Gasteiger partial charge is 0.334 e. The predicted octanol–water partition coefficient (Wildman–Crippen LogP) is 5.73. The highest BCUT2D eigenvalue weighted by molar-refractivity contribution is 8.15. The van der Waals surface area contributed by atoms with E-state index in [-0.39, 0.29) is 48.1 Å². The third kappa shape index (κ3) is 7.76. The number of nitrogens with zero attached hydrogens (tertiary/aromatic N) is 2. The van der Waals surface area contributed by atoms with Crippen LogP contribution in [-0.4, -0.2) is 59.5 Å². The molecule has 2 aromatic rings. The van der Waals surface area contributed by atoms with Crippen LogP contribution in [-0.2, 0) is 41.7 Å². The van der Waals surface area contributed by atoms with Crippen LogP contribution in [0.4, 0.5) is 10.5 Å². The first-order valence-electron chi connectivity index (χ1n) is 16.1. The standard InChI is InChI=1S/C37H39N3O8S/c1-23-30-16-11-27(6-5-19-37(3)34(48-37)33(30)47-35(23)43)22-46-32(42)18-17-31(41)38-20-25-7-9-26(10-8-25)21-39-24(2)40(49-36(39)44)28-12-14-29(45-4)15-13-28/h6-10,12-15,17-18,30,33-34H,1-2,5,11,16,19-22H2,3-4H3,(H,38,41)/b18-17-,27-6+/t30-,33-,34-,37+/m0/s1. The molecule has 0 radical (unpaired) electrons. The van der Waals surface area contributed by atoms with Gasteiger partial charge in [0.2, 0.25) is 5.91 Å². The number of rotatable bonds is 10. The van der Waals surface area contributed by atoms with Crippen molar-refractivity contribution in [1.82, 2.24) is 10.2 Å². The number of anilines is 1. The Balaban J connectivity index is 0.940. The molecule has 2 aromatic carbocycles. The third-order valence-corrected chi connectivity index (χ3v) is 10.3. The first-order chi connectivity index (χ1) is 23.5. The highest BCUT2D eigenvalue weighted by Gasteiger charge is 2.61. The Morgan fingerprint density at radius 3 is 2.55 bits per heavy atom. The maximum absolute atomic E-state index is 12.8. The van der Waals surface area contributed by atoms with Gasteiger partial charge in [0.15, 0.2) is 0 Å². The lowest BCUT2D eigenvalue weighted by molar-refractivity contribution is -0.140. The quantitative estimate of drug-likeness (QED) is 0.109. The van der Waals surface area contributed by atoms with Crippen LogP contribution in [0.15, 0.2) is 96.9 Å². The van der Waals surface area contributed by atoms with E-state index in [1.54, 1.807) is 16.3 Å². The Kier molecular flexibility index (Phi) is 9.98. The van der Waals surface area contributed by atoms with Crippen LogP contribution < -0.4 is 14.4 Å². The second kappa shape index (κ2) is 14.4. The highest BCUT2D eigenvalue weighted by atomic mass is 32.2. The summed E-state index contributed by atoms with van der Waals surface area (Å²) in [7, 11) is 1.60. The van der Waals surface area contributed by atoms with Crippen LogP contribution in [0.1, 0.15) is 43.7 Å². The van der Waals surface area contributed by atoms with Gasteiger partial charge in [0.25, 0.3) is 0 Å². The number of hydrogen-bond donors (Lipinski definition) is 1. The summed E-state index contributed by atoms with van der Waals surface area (Å²) in [6, 6.07) is 14.9. The molecule has 3 heterocycles. The molecule has 12 heteroatoms. The number of fused-ring (bicyclic) bond motifs is 3. The molecule has 3 aliphatic heterocycles. The van der Waals surface area contributed by atoms with E-state index in [0.29, 0.717) is 30.8 Å². The second-order valence-corrected chi connectivity index (χ2v) is 13.5. The van der Waals surface area contributed by atoms with Crippen molar-refractivity contribution in [1.29, 1.82) is 0 Å². The first kappa shape index (κ1) is 34.1. The number of benzene rings is 2. The van der Waals surface area contributed by atoms with E-state index in [0.717, 1.165) is 65.1 Å². The fourth-order valence-corrected chi connectivity index (χ4v) is 7.13. The molecule has 3 saturated heterocycles. The van der Waals surface area contributed by atoms with E-state index in [4.69, 9.17) is 18.9 Å². The molecule has 256 valence electrons. The van der Waals surface area contributed by atoms with Crippen molar-refractivity contribution >= 4 is 40.7 Å². The minimum atomic E-state index is -0.626. The lowest BCUT2D eigenvalue weighted by atomic mass is 9.84. The number of methoxy groups -OCH3 is 1. The number of nitrogens with one attached hydrogen (secondary N) is 1. The molecule has 4 aliphatic rings. The topological polar surface area (TPSA) is 127 Å². The van der Waals surface area contributed by atoms with Gasteiger partial charge >= 0.3 is 17.2 Å². The molecule has 2 amide bonds. The van der Waals surface area contributed by atoms with Crippen LogP contribution in [0.3, 0.4) is 0 Å². The van der Waals surface area contributed by atoms with Gasteiger partial charge in [-0.2, -0.15) is 0 Å². The largest absolute Gasteiger partial charge is 0.497 e. The Hall–Kier alpha value is -4.81. The van der Waals surface area contributed by atoms with Crippen molar-refractivity contribution in [3.63, 3.8) is 0 Å². The molecular weight excluding hydrogens is 646 g/mol.